The van der Waals surface area contributed by atoms with Gasteiger partial charge in [-0.15, -0.1) is 0 Å². The molecule has 1 aromatic carbocycles. The van der Waals surface area contributed by atoms with Gasteiger partial charge in [-0.05, 0) is 30.7 Å². The Balaban J connectivity index is 2.65. The third-order valence-corrected chi connectivity index (χ3v) is 3.09. The third kappa shape index (κ3) is 4.20. The van der Waals surface area contributed by atoms with E-state index in [9.17, 15) is 8.42 Å². The lowest BCUT2D eigenvalue weighted by atomic mass is 10.3. The van der Waals surface area contributed by atoms with Crippen molar-refractivity contribution in [1.82, 2.24) is 0 Å². The first kappa shape index (κ1) is 11.8. The van der Waals surface area contributed by atoms with Gasteiger partial charge in [0, 0.05) is 5.69 Å². The lowest BCUT2D eigenvalue weighted by Gasteiger charge is -2.06. The van der Waals surface area contributed by atoms with Crippen LogP contribution in [0.3, 0.4) is 0 Å². The number of unbranched alkanes of at least 4 members (excludes halogenated alkanes) is 1. The van der Waals surface area contributed by atoms with Crippen LogP contribution in [-0.4, -0.2) is 14.2 Å². The van der Waals surface area contributed by atoms with Crippen LogP contribution in [0, 0.1) is 0 Å². The largest absolute Gasteiger partial charge is 0.399 e. The average molecular weight is 229 g/mol. The summed E-state index contributed by atoms with van der Waals surface area (Å²) in [6.07, 6.45) is 1.43. The molecule has 0 atom stereocenters. The number of anilines is 1. The van der Waals surface area contributed by atoms with Crippen LogP contribution in [0.15, 0.2) is 24.3 Å². The second-order valence-corrected chi connectivity index (χ2v) is 4.96. The highest BCUT2D eigenvalue weighted by Gasteiger charge is 2.11. The molecule has 0 unspecified atom stereocenters. The average Bonchev–Trinajstić information content (AvgIpc) is 2.18. The number of hydrogen-bond acceptors (Lipinski definition) is 4. The van der Waals surface area contributed by atoms with Crippen LogP contribution >= 0.6 is 0 Å². The van der Waals surface area contributed by atoms with Crippen molar-refractivity contribution in [2.24, 2.45) is 0 Å². The summed E-state index contributed by atoms with van der Waals surface area (Å²) in [5, 5.41) is 0. The van der Waals surface area contributed by atoms with Crippen molar-refractivity contribution in [3.63, 3.8) is 0 Å². The minimum absolute atomic E-state index is 0.0495. The Morgan fingerprint density at radius 1 is 1.27 bits per heavy atom. The zero-order valence-electron chi connectivity index (χ0n) is 8.64. The van der Waals surface area contributed by atoms with Gasteiger partial charge >= 0.3 is 10.1 Å². The van der Waals surface area contributed by atoms with Gasteiger partial charge in [0.05, 0.1) is 5.75 Å². The zero-order chi connectivity index (χ0) is 11.3. The Morgan fingerprint density at radius 2 is 1.87 bits per heavy atom. The molecule has 84 valence electrons. The normalized spacial score (nSPS) is 11.3. The second kappa shape index (κ2) is 5.02. The molecule has 15 heavy (non-hydrogen) atoms. The topological polar surface area (TPSA) is 69.4 Å². The highest BCUT2D eigenvalue weighted by atomic mass is 32.2. The van der Waals surface area contributed by atoms with Crippen molar-refractivity contribution < 1.29 is 12.6 Å². The molecule has 0 saturated carbocycles. The summed E-state index contributed by atoms with van der Waals surface area (Å²) in [4.78, 5) is 0. The van der Waals surface area contributed by atoms with Crippen LogP contribution in [-0.2, 0) is 10.1 Å². The van der Waals surface area contributed by atoms with E-state index in [2.05, 4.69) is 0 Å². The van der Waals surface area contributed by atoms with E-state index in [4.69, 9.17) is 9.92 Å². The second-order valence-electron chi connectivity index (χ2n) is 3.27. The predicted octanol–water partition coefficient (Wildman–Crippen LogP) is 1.78. The molecule has 0 heterocycles. The summed E-state index contributed by atoms with van der Waals surface area (Å²) in [7, 11) is -3.45. The van der Waals surface area contributed by atoms with E-state index < -0.39 is 10.1 Å². The lowest BCUT2D eigenvalue weighted by molar-refractivity contribution is 0.484. The summed E-state index contributed by atoms with van der Waals surface area (Å²) in [5.74, 6) is 0.355. The Labute approximate surface area is 90.2 Å². The van der Waals surface area contributed by atoms with Crippen LogP contribution in [0.25, 0.3) is 0 Å². The van der Waals surface area contributed by atoms with Crippen LogP contribution in [0.4, 0.5) is 5.69 Å². The number of nitrogens with two attached hydrogens (primary N) is 1. The van der Waals surface area contributed by atoms with E-state index in [-0.39, 0.29) is 5.75 Å². The minimum atomic E-state index is -3.45. The van der Waals surface area contributed by atoms with Crippen molar-refractivity contribution in [1.29, 1.82) is 0 Å². The van der Waals surface area contributed by atoms with E-state index >= 15 is 0 Å². The first-order valence-corrected chi connectivity index (χ1v) is 6.39. The highest BCUT2D eigenvalue weighted by Crippen LogP contribution is 2.15. The van der Waals surface area contributed by atoms with Gasteiger partial charge in [0.2, 0.25) is 0 Å². The lowest BCUT2D eigenvalue weighted by Crippen LogP contribution is -2.13. The Bertz CT molecular complexity index is 397. The monoisotopic (exact) mass is 229 g/mol. The van der Waals surface area contributed by atoms with Crippen LogP contribution < -0.4 is 9.92 Å². The van der Waals surface area contributed by atoms with Crippen molar-refractivity contribution >= 4 is 15.8 Å². The van der Waals surface area contributed by atoms with Gasteiger partial charge in [-0.1, -0.05) is 13.3 Å². The number of hydrogen-bond donors (Lipinski definition) is 1. The van der Waals surface area contributed by atoms with E-state index in [1.165, 1.54) is 0 Å². The van der Waals surface area contributed by atoms with Crippen LogP contribution in [0.5, 0.6) is 5.75 Å². The van der Waals surface area contributed by atoms with E-state index in [0.717, 1.165) is 6.42 Å². The number of benzene rings is 1. The van der Waals surface area contributed by atoms with E-state index in [0.29, 0.717) is 17.9 Å². The molecule has 0 radical (unpaired) electrons. The molecule has 0 aliphatic rings. The van der Waals surface area contributed by atoms with Crippen molar-refractivity contribution in [2.45, 2.75) is 19.8 Å². The molecular formula is C10H15NO3S. The van der Waals surface area contributed by atoms with Gasteiger partial charge in [-0.3, -0.25) is 0 Å². The van der Waals surface area contributed by atoms with Crippen molar-refractivity contribution in [3.05, 3.63) is 24.3 Å². The summed E-state index contributed by atoms with van der Waals surface area (Å²) < 4.78 is 27.7. The molecule has 2 N–H and O–H groups in total. The summed E-state index contributed by atoms with van der Waals surface area (Å²) >= 11 is 0. The van der Waals surface area contributed by atoms with Gasteiger partial charge in [0.15, 0.2) is 0 Å². The quantitative estimate of drug-likeness (QED) is 0.617. The fourth-order valence-corrected chi connectivity index (χ4v) is 2.16. The van der Waals surface area contributed by atoms with Crippen molar-refractivity contribution in [2.75, 3.05) is 11.5 Å². The zero-order valence-corrected chi connectivity index (χ0v) is 9.46. The molecular weight excluding hydrogens is 214 g/mol. The van der Waals surface area contributed by atoms with Gasteiger partial charge < -0.3 is 9.92 Å². The molecule has 0 amide bonds. The van der Waals surface area contributed by atoms with Gasteiger partial charge in [0.25, 0.3) is 0 Å². The molecule has 5 heteroatoms. The minimum Gasteiger partial charge on any atom is -0.399 e. The summed E-state index contributed by atoms with van der Waals surface area (Å²) in [6, 6.07) is 6.28. The summed E-state index contributed by atoms with van der Waals surface area (Å²) in [5.41, 5.74) is 6.04. The molecule has 0 aliphatic carbocycles. The van der Waals surface area contributed by atoms with Gasteiger partial charge in [-0.25, -0.2) is 0 Å². The smallest absolute Gasteiger partial charge is 0.309 e. The van der Waals surface area contributed by atoms with E-state index in [1.54, 1.807) is 24.3 Å². The molecule has 0 saturated heterocycles. The number of rotatable bonds is 5. The fourth-order valence-electron chi connectivity index (χ4n) is 1.03. The van der Waals surface area contributed by atoms with Gasteiger partial charge in [-0.2, -0.15) is 8.42 Å². The number of nitrogen functional groups attached to an aromatic ring is 1. The molecule has 0 spiro atoms. The maximum atomic E-state index is 11.4. The Kier molecular flexibility index (Phi) is 3.96. The highest BCUT2D eigenvalue weighted by molar-refractivity contribution is 7.87. The van der Waals surface area contributed by atoms with Crippen LogP contribution in [0.2, 0.25) is 0 Å². The third-order valence-electron chi connectivity index (χ3n) is 1.85. The maximum absolute atomic E-state index is 11.4. The molecule has 0 aliphatic heterocycles. The molecule has 4 nitrogen and oxygen atoms in total. The molecule has 0 bridgehead atoms. The summed E-state index contributed by atoms with van der Waals surface area (Å²) in [6.45, 7) is 1.93. The van der Waals surface area contributed by atoms with Gasteiger partial charge in [0.1, 0.15) is 5.75 Å². The van der Waals surface area contributed by atoms with E-state index in [1.807, 2.05) is 6.92 Å². The maximum Gasteiger partial charge on any atom is 0.309 e. The molecule has 1 aromatic rings. The Hall–Kier alpha value is -1.23. The van der Waals surface area contributed by atoms with Crippen molar-refractivity contribution in [3.8, 4) is 5.75 Å². The molecule has 1 rings (SSSR count). The first-order valence-electron chi connectivity index (χ1n) is 4.81. The standard InChI is InChI=1S/C10H15NO3S/c1-2-3-8-15(12,13)14-10-6-4-9(11)5-7-10/h4-7H,2-3,8,11H2,1H3. The first-order chi connectivity index (χ1) is 7.03. The fraction of sp³-hybridized carbons (Fsp3) is 0.400. The SMILES string of the molecule is CCCCS(=O)(=O)Oc1ccc(N)cc1. The molecule has 0 fully saturated rings. The van der Waals surface area contributed by atoms with Crippen LogP contribution in [0.1, 0.15) is 19.8 Å². The molecule has 0 aromatic heterocycles. The Morgan fingerprint density at radius 3 is 2.40 bits per heavy atom. The predicted molar refractivity (Wildman–Crippen MR) is 60.2 cm³/mol.